The van der Waals surface area contributed by atoms with Gasteiger partial charge >= 0.3 is 0 Å². The van der Waals surface area contributed by atoms with Gasteiger partial charge in [0.05, 0.1) is 6.54 Å². The SMILES string of the molecule is CCC(N)CC1(C)C2(CC3C[C@@H](CCCN=O)C4C[C@]1(C3)C4C1(C)CC1CN)C[C@H]2CC[N+](=O)[O-]. The van der Waals surface area contributed by atoms with Gasteiger partial charge in [-0.2, -0.15) is 4.91 Å². The molecule has 0 aliphatic heterocycles. The molecule has 6 aliphatic carbocycles. The predicted molar refractivity (Wildman–Crippen MR) is 138 cm³/mol. The minimum absolute atomic E-state index is 0.0976. The highest BCUT2D eigenvalue weighted by Gasteiger charge is 2.81. The first-order valence-corrected chi connectivity index (χ1v) is 14.5. The fraction of sp³-hybridized carbons (Fsp3) is 1.00. The summed E-state index contributed by atoms with van der Waals surface area (Å²) in [5, 5.41) is 14.4. The molecule has 3 bridgehead atoms. The van der Waals surface area contributed by atoms with Gasteiger partial charge in [0.25, 0.3) is 0 Å². The van der Waals surface area contributed by atoms with Crippen molar-refractivity contribution in [3.8, 4) is 0 Å². The summed E-state index contributed by atoms with van der Waals surface area (Å²) in [6, 6.07) is 0.189. The van der Waals surface area contributed by atoms with Crippen LogP contribution >= 0.6 is 0 Å². The largest absolute Gasteiger partial charge is 0.330 e. The van der Waals surface area contributed by atoms with Crippen molar-refractivity contribution in [3.63, 3.8) is 0 Å². The van der Waals surface area contributed by atoms with Crippen LogP contribution in [0.5, 0.6) is 0 Å². The second-order valence-corrected chi connectivity index (χ2v) is 14.0. The van der Waals surface area contributed by atoms with Gasteiger partial charge in [-0.05, 0) is 128 Å². The first-order valence-electron chi connectivity index (χ1n) is 14.5. The van der Waals surface area contributed by atoms with E-state index in [1.807, 2.05) is 0 Å². The molecule has 198 valence electrons. The molecule has 6 saturated carbocycles. The molecule has 6 fully saturated rings. The zero-order chi connectivity index (χ0) is 25.2. The lowest BCUT2D eigenvalue weighted by molar-refractivity contribution is -0.481. The number of hydrogen-bond acceptors (Lipinski definition) is 6. The predicted octanol–water partition coefficient (Wildman–Crippen LogP) is 5.38. The molecule has 0 saturated heterocycles. The van der Waals surface area contributed by atoms with Gasteiger partial charge in [-0.3, -0.25) is 10.1 Å². The maximum absolute atomic E-state index is 11.3. The van der Waals surface area contributed by atoms with E-state index in [1.165, 1.54) is 32.1 Å². The van der Waals surface area contributed by atoms with E-state index >= 15 is 0 Å². The number of nitrogens with two attached hydrogens (primary N) is 2. The first-order chi connectivity index (χ1) is 16.6. The van der Waals surface area contributed by atoms with Gasteiger partial charge in [-0.1, -0.05) is 25.9 Å². The summed E-state index contributed by atoms with van der Waals surface area (Å²) in [5.74, 6) is 3.85. The van der Waals surface area contributed by atoms with E-state index in [0.717, 1.165) is 51.0 Å². The average molecular weight is 489 g/mol. The minimum Gasteiger partial charge on any atom is -0.330 e. The number of nitrogens with zero attached hydrogens (tertiary/aromatic N) is 2. The Morgan fingerprint density at radius 3 is 2.46 bits per heavy atom. The lowest BCUT2D eigenvalue weighted by Crippen LogP contribution is -2.66. The van der Waals surface area contributed by atoms with E-state index in [-0.39, 0.29) is 33.8 Å². The van der Waals surface area contributed by atoms with Crippen LogP contribution in [0.4, 0.5) is 0 Å². The number of hydrogen-bond donors (Lipinski definition) is 2. The minimum atomic E-state index is -0.119. The van der Waals surface area contributed by atoms with Gasteiger partial charge in [-0.15, -0.1) is 0 Å². The molecular formula is C28H48N4O3. The van der Waals surface area contributed by atoms with Gasteiger partial charge in [0, 0.05) is 17.4 Å². The molecule has 7 nitrogen and oxygen atoms in total. The molecule has 0 aromatic rings. The fourth-order valence-corrected chi connectivity index (χ4v) is 11.0. The van der Waals surface area contributed by atoms with Crippen molar-refractivity contribution in [1.82, 2.24) is 0 Å². The lowest BCUT2D eigenvalue weighted by atomic mass is 9.33. The molecule has 4 N–H and O–H groups in total. The zero-order valence-corrected chi connectivity index (χ0v) is 22.2. The maximum Gasteiger partial charge on any atom is 0.204 e. The van der Waals surface area contributed by atoms with Crippen molar-refractivity contribution in [2.45, 2.75) is 97.4 Å². The average Bonchev–Trinajstić information content (AvgIpc) is 3.68. The molecule has 0 heterocycles. The second kappa shape index (κ2) is 8.75. The Balaban J connectivity index is 1.54. The van der Waals surface area contributed by atoms with E-state index in [0.29, 0.717) is 41.5 Å². The number of fused-ring (bicyclic) bond motifs is 1. The Morgan fingerprint density at radius 1 is 1.09 bits per heavy atom. The monoisotopic (exact) mass is 488 g/mol. The smallest absolute Gasteiger partial charge is 0.204 e. The van der Waals surface area contributed by atoms with Crippen molar-refractivity contribution in [2.75, 3.05) is 19.6 Å². The van der Waals surface area contributed by atoms with Gasteiger partial charge in [0.2, 0.25) is 6.54 Å². The summed E-state index contributed by atoms with van der Waals surface area (Å²) in [6.45, 7) is 8.61. The summed E-state index contributed by atoms with van der Waals surface area (Å²) in [7, 11) is 0. The van der Waals surface area contributed by atoms with Crippen LogP contribution < -0.4 is 11.5 Å². The zero-order valence-electron chi connectivity index (χ0n) is 22.2. The van der Waals surface area contributed by atoms with Gasteiger partial charge in [0.1, 0.15) is 0 Å². The van der Waals surface area contributed by atoms with Crippen molar-refractivity contribution in [2.24, 2.45) is 73.8 Å². The van der Waals surface area contributed by atoms with Crippen LogP contribution in [0.1, 0.15) is 91.4 Å². The summed E-state index contributed by atoms with van der Waals surface area (Å²) in [6.07, 6.45) is 12.3. The third kappa shape index (κ3) is 3.65. The molecule has 0 aromatic heterocycles. The highest BCUT2D eigenvalue weighted by molar-refractivity contribution is 5.30. The number of nitro groups is 1. The molecular weight excluding hydrogens is 440 g/mol. The van der Waals surface area contributed by atoms with Crippen LogP contribution in [0.15, 0.2) is 5.18 Å². The second-order valence-electron chi connectivity index (χ2n) is 14.0. The number of nitroso groups, excluding NO2 is 1. The maximum atomic E-state index is 11.3. The van der Waals surface area contributed by atoms with Crippen molar-refractivity contribution in [3.05, 3.63) is 15.0 Å². The van der Waals surface area contributed by atoms with E-state index in [2.05, 4.69) is 25.9 Å². The van der Waals surface area contributed by atoms with Gasteiger partial charge < -0.3 is 11.5 Å². The molecule has 6 rings (SSSR count). The van der Waals surface area contributed by atoms with Crippen molar-refractivity contribution in [1.29, 1.82) is 0 Å². The fourth-order valence-electron chi connectivity index (χ4n) is 11.0. The summed E-state index contributed by atoms with van der Waals surface area (Å²) in [4.78, 5) is 22.0. The third-order valence-electron chi connectivity index (χ3n) is 12.7. The van der Waals surface area contributed by atoms with E-state index in [4.69, 9.17) is 11.5 Å². The van der Waals surface area contributed by atoms with Crippen molar-refractivity contribution >= 4 is 0 Å². The highest BCUT2D eigenvalue weighted by Crippen LogP contribution is 2.88. The quantitative estimate of drug-likeness (QED) is 0.165. The summed E-state index contributed by atoms with van der Waals surface area (Å²) < 4.78 is 0. The van der Waals surface area contributed by atoms with Crippen LogP contribution in [0.2, 0.25) is 0 Å². The molecule has 7 heteroatoms. The van der Waals surface area contributed by atoms with Gasteiger partial charge in [0.15, 0.2) is 0 Å². The summed E-state index contributed by atoms with van der Waals surface area (Å²) >= 11 is 0. The van der Waals surface area contributed by atoms with E-state index in [1.54, 1.807) is 0 Å². The third-order valence-corrected chi connectivity index (χ3v) is 12.7. The molecule has 0 radical (unpaired) electrons. The van der Waals surface area contributed by atoms with Crippen molar-refractivity contribution < 1.29 is 4.92 Å². The normalized spacial score (nSPS) is 50.2. The van der Waals surface area contributed by atoms with E-state index in [9.17, 15) is 15.0 Å². The van der Waals surface area contributed by atoms with Crippen LogP contribution in [0, 0.1) is 72.2 Å². The first kappa shape index (κ1) is 25.6. The molecule has 11 atom stereocenters. The Hall–Kier alpha value is -1.08. The van der Waals surface area contributed by atoms with Crippen LogP contribution in [0.25, 0.3) is 0 Å². The molecule has 6 aliphatic rings. The van der Waals surface area contributed by atoms with Gasteiger partial charge in [-0.25, -0.2) is 0 Å². The Morgan fingerprint density at radius 2 is 1.83 bits per heavy atom. The molecule has 35 heavy (non-hydrogen) atoms. The van der Waals surface area contributed by atoms with E-state index < -0.39 is 0 Å². The molecule has 8 unspecified atom stereocenters. The van der Waals surface area contributed by atoms with Crippen LogP contribution in [-0.2, 0) is 0 Å². The van der Waals surface area contributed by atoms with Crippen LogP contribution in [0.3, 0.4) is 0 Å². The standard InChI is InChI=1S/C28H48N4O3/c1-4-22(30)15-26(3)27(14-20(27)7-9-32(34)35)11-18-10-19(6-5-8-31-33)23-16-28(26,12-18)24(23)25(2)13-21(25)17-29/h18-24H,4-17,29-30H2,1-3H3/t18?,19-,20-,21?,22?,23?,24?,25?,26?,27?,28-/m1/s1. The van der Waals surface area contributed by atoms with Crippen LogP contribution in [-0.4, -0.2) is 30.6 Å². The lowest BCUT2D eigenvalue weighted by Gasteiger charge is -2.71. The molecule has 0 amide bonds. The topological polar surface area (TPSA) is 125 Å². The molecule has 2 spiro atoms. The number of rotatable bonds is 12. The summed E-state index contributed by atoms with van der Waals surface area (Å²) in [5.41, 5.74) is 14.0. The Kier molecular flexibility index (Phi) is 6.39. The Bertz CT molecular complexity index is 854. The highest BCUT2D eigenvalue weighted by atomic mass is 16.6. The Labute approximate surface area is 211 Å². The molecule has 0 aromatic carbocycles.